The predicted octanol–water partition coefficient (Wildman–Crippen LogP) is 1.25. The molecule has 0 spiro atoms. The normalized spacial score (nSPS) is 24.0. The van der Waals surface area contributed by atoms with Gasteiger partial charge in [0.05, 0.1) is 12.0 Å². The molecule has 1 amide bonds. The van der Waals surface area contributed by atoms with E-state index in [1.807, 2.05) is 6.07 Å². The number of thiophene rings is 1. The molecular formula is C18H17N3O3S. The van der Waals surface area contributed by atoms with Crippen LogP contribution in [-0.4, -0.2) is 54.5 Å². The zero-order valence-corrected chi connectivity index (χ0v) is 14.6. The van der Waals surface area contributed by atoms with Crippen LogP contribution in [0.25, 0.3) is 10.1 Å². The molecule has 2 aliphatic rings. The van der Waals surface area contributed by atoms with Gasteiger partial charge in [-0.2, -0.15) is 0 Å². The van der Waals surface area contributed by atoms with Crippen molar-refractivity contribution in [2.75, 3.05) is 26.7 Å². The van der Waals surface area contributed by atoms with E-state index in [1.165, 1.54) is 18.4 Å². The molecule has 4 rings (SSSR count). The number of nitrogens with zero attached hydrogens (tertiary/aromatic N) is 2. The van der Waals surface area contributed by atoms with Gasteiger partial charge in [0.2, 0.25) is 0 Å². The summed E-state index contributed by atoms with van der Waals surface area (Å²) < 4.78 is 5.43. The first-order valence-corrected chi connectivity index (χ1v) is 8.97. The number of carbonyl (C=O) groups excluding carboxylic acids is 2. The smallest absolute Gasteiger partial charge is 0.384 e. The highest BCUT2D eigenvalue weighted by Gasteiger charge is 2.38. The molecule has 7 heteroatoms. The van der Waals surface area contributed by atoms with Gasteiger partial charge in [-0.3, -0.25) is 9.78 Å². The average Bonchev–Trinajstić information content (AvgIpc) is 3.33. The lowest BCUT2D eigenvalue weighted by atomic mass is 10.00. The van der Waals surface area contributed by atoms with Crippen molar-refractivity contribution in [1.82, 2.24) is 15.2 Å². The molecule has 0 aromatic carbocycles. The first-order valence-electron chi connectivity index (χ1n) is 8.15. The summed E-state index contributed by atoms with van der Waals surface area (Å²) in [5.74, 6) is 5.04. The highest BCUT2D eigenvalue weighted by molar-refractivity contribution is 7.19. The summed E-state index contributed by atoms with van der Waals surface area (Å²) in [6.45, 7) is 3.17. The van der Waals surface area contributed by atoms with E-state index in [2.05, 4.69) is 31.8 Å². The van der Waals surface area contributed by atoms with Crippen LogP contribution >= 0.6 is 11.3 Å². The Bertz CT molecular complexity index is 911. The first kappa shape index (κ1) is 16.1. The molecule has 25 heavy (non-hydrogen) atoms. The Labute approximate surface area is 149 Å². The van der Waals surface area contributed by atoms with Crippen LogP contribution in [0.15, 0.2) is 18.3 Å². The third-order valence-electron chi connectivity index (χ3n) is 4.76. The minimum atomic E-state index is -0.572. The van der Waals surface area contributed by atoms with Gasteiger partial charge < -0.3 is 15.0 Å². The zero-order chi connectivity index (χ0) is 17.4. The highest BCUT2D eigenvalue weighted by atomic mass is 32.1. The molecule has 2 saturated heterocycles. The number of pyridine rings is 1. The number of aromatic nitrogens is 1. The van der Waals surface area contributed by atoms with Crippen LogP contribution in [0, 0.1) is 17.8 Å². The lowest BCUT2D eigenvalue weighted by Gasteiger charge is -2.22. The maximum atomic E-state index is 12.5. The Balaban J connectivity index is 1.51. The summed E-state index contributed by atoms with van der Waals surface area (Å²) in [6.07, 6.45) is 2.83. The molecule has 4 heterocycles. The largest absolute Gasteiger partial charge is 0.459 e. The summed E-state index contributed by atoms with van der Waals surface area (Å²) in [5, 5.41) is 4.02. The topological polar surface area (TPSA) is 71.5 Å². The van der Waals surface area contributed by atoms with Crippen LogP contribution in [0.5, 0.6) is 0 Å². The summed E-state index contributed by atoms with van der Waals surface area (Å²) in [4.78, 5) is 31.0. The highest BCUT2D eigenvalue weighted by Crippen LogP contribution is 2.28. The fraction of sp³-hybridized carbons (Fsp3) is 0.389. The van der Waals surface area contributed by atoms with Crippen LogP contribution in [0.4, 0.5) is 0 Å². The Kier molecular flexibility index (Phi) is 4.15. The number of rotatable bonds is 2. The fourth-order valence-corrected chi connectivity index (χ4v) is 4.40. The third kappa shape index (κ3) is 3.23. The SMILES string of the molecule is COC(=O)C#Cc1cc2cnc(C(=O)NC3CN4CCC3C4)cc2s1. The lowest BCUT2D eigenvalue weighted by molar-refractivity contribution is -0.133. The van der Waals surface area contributed by atoms with Crippen molar-refractivity contribution >= 4 is 33.3 Å². The average molecular weight is 355 g/mol. The summed E-state index contributed by atoms with van der Waals surface area (Å²) >= 11 is 1.43. The van der Waals surface area contributed by atoms with Crippen molar-refractivity contribution in [3.63, 3.8) is 0 Å². The zero-order valence-electron chi connectivity index (χ0n) is 13.7. The van der Waals surface area contributed by atoms with Crippen LogP contribution in [0.3, 0.4) is 0 Å². The minimum Gasteiger partial charge on any atom is -0.459 e. The molecule has 0 saturated carbocycles. The van der Waals surface area contributed by atoms with Crippen molar-refractivity contribution in [2.45, 2.75) is 12.5 Å². The Morgan fingerprint density at radius 1 is 1.40 bits per heavy atom. The van der Waals surface area contributed by atoms with Gasteiger partial charge in [-0.25, -0.2) is 4.79 Å². The number of carbonyl (C=O) groups is 2. The second-order valence-electron chi connectivity index (χ2n) is 6.35. The van der Waals surface area contributed by atoms with Crippen molar-refractivity contribution in [3.8, 4) is 11.8 Å². The number of hydrogen-bond acceptors (Lipinski definition) is 6. The molecule has 2 bridgehead atoms. The monoisotopic (exact) mass is 355 g/mol. The van der Waals surface area contributed by atoms with Gasteiger partial charge in [0, 0.05) is 41.3 Å². The molecule has 0 radical (unpaired) electrons. The van der Waals surface area contributed by atoms with E-state index < -0.39 is 5.97 Å². The van der Waals surface area contributed by atoms with Crippen molar-refractivity contribution < 1.29 is 14.3 Å². The van der Waals surface area contributed by atoms with Gasteiger partial charge in [0.25, 0.3) is 5.91 Å². The number of hydrogen-bond donors (Lipinski definition) is 1. The van der Waals surface area contributed by atoms with Crippen LogP contribution in [0.2, 0.25) is 0 Å². The van der Waals surface area contributed by atoms with Crippen molar-refractivity contribution in [2.24, 2.45) is 5.92 Å². The molecule has 2 aromatic heterocycles. The quantitative estimate of drug-likeness (QED) is 0.649. The van der Waals surface area contributed by atoms with Gasteiger partial charge in [-0.15, -0.1) is 11.3 Å². The van der Waals surface area contributed by atoms with E-state index in [0.29, 0.717) is 11.6 Å². The number of methoxy groups -OCH3 is 1. The number of piperidine rings is 1. The Morgan fingerprint density at radius 3 is 3.00 bits per heavy atom. The van der Waals surface area contributed by atoms with Crippen LogP contribution in [0.1, 0.15) is 21.8 Å². The standard InChI is InChI=1S/C18H17N3O3S/c1-24-17(22)3-2-13-6-12-8-19-14(7-16(12)25-13)18(23)20-15-10-21-5-4-11(15)9-21/h6-8,11,15H,4-5,9-10H2,1H3,(H,20,23). The number of nitrogens with one attached hydrogen (secondary N) is 1. The molecule has 2 aromatic rings. The first-order chi connectivity index (χ1) is 12.1. The molecule has 3 atom stereocenters. The predicted molar refractivity (Wildman–Crippen MR) is 94.3 cm³/mol. The van der Waals surface area contributed by atoms with E-state index in [1.54, 1.807) is 12.3 Å². The molecule has 3 unspecified atom stereocenters. The maximum absolute atomic E-state index is 12.5. The van der Waals surface area contributed by atoms with E-state index >= 15 is 0 Å². The van der Waals surface area contributed by atoms with E-state index in [0.717, 1.165) is 41.0 Å². The maximum Gasteiger partial charge on any atom is 0.384 e. The third-order valence-corrected chi connectivity index (χ3v) is 5.77. The molecule has 128 valence electrons. The number of amides is 1. The van der Waals surface area contributed by atoms with Crippen molar-refractivity contribution in [3.05, 3.63) is 28.9 Å². The van der Waals surface area contributed by atoms with Gasteiger partial charge in [0.15, 0.2) is 0 Å². The van der Waals surface area contributed by atoms with E-state index in [9.17, 15) is 9.59 Å². The summed E-state index contributed by atoms with van der Waals surface area (Å²) in [6, 6.07) is 3.86. The summed E-state index contributed by atoms with van der Waals surface area (Å²) in [5.41, 5.74) is 0.416. The molecule has 2 aliphatic heterocycles. The fourth-order valence-electron chi connectivity index (χ4n) is 3.47. The molecular weight excluding hydrogens is 338 g/mol. The number of ether oxygens (including phenoxy) is 1. The van der Waals surface area contributed by atoms with E-state index in [4.69, 9.17) is 0 Å². The molecule has 0 aliphatic carbocycles. The number of fused-ring (bicyclic) bond motifs is 3. The van der Waals surface area contributed by atoms with Crippen molar-refractivity contribution in [1.29, 1.82) is 0 Å². The molecule has 6 nitrogen and oxygen atoms in total. The molecule has 1 N–H and O–H groups in total. The van der Waals surface area contributed by atoms with Crippen LogP contribution < -0.4 is 5.32 Å². The van der Waals surface area contributed by atoms with Gasteiger partial charge in [-0.05, 0) is 36.9 Å². The second kappa shape index (κ2) is 6.47. The molecule has 2 fully saturated rings. The van der Waals surface area contributed by atoms with Gasteiger partial charge in [0.1, 0.15) is 5.69 Å². The lowest BCUT2D eigenvalue weighted by Crippen LogP contribution is -2.43. The minimum absolute atomic E-state index is 0.128. The second-order valence-corrected chi connectivity index (χ2v) is 7.43. The Morgan fingerprint density at radius 2 is 2.28 bits per heavy atom. The van der Waals surface area contributed by atoms with Gasteiger partial charge >= 0.3 is 5.97 Å². The van der Waals surface area contributed by atoms with E-state index in [-0.39, 0.29) is 11.9 Å². The van der Waals surface area contributed by atoms with Crippen LogP contribution in [-0.2, 0) is 9.53 Å². The summed E-state index contributed by atoms with van der Waals surface area (Å²) in [7, 11) is 1.30. The van der Waals surface area contributed by atoms with Gasteiger partial charge in [-0.1, -0.05) is 0 Å². The Hall–Kier alpha value is -2.43. The number of esters is 1.